The largest absolute Gasteiger partial charge is 0.493 e. The highest BCUT2D eigenvalue weighted by Crippen LogP contribution is 2.30. The van der Waals surface area contributed by atoms with Gasteiger partial charge in [-0.2, -0.15) is 0 Å². The predicted molar refractivity (Wildman–Crippen MR) is 99.8 cm³/mol. The Hall–Kier alpha value is -2.50. The van der Waals surface area contributed by atoms with E-state index in [4.69, 9.17) is 9.47 Å². The molecule has 2 amide bonds. The zero-order valence-electron chi connectivity index (χ0n) is 15.9. The summed E-state index contributed by atoms with van der Waals surface area (Å²) in [5.41, 5.74) is 1.90. The van der Waals surface area contributed by atoms with Crippen LogP contribution in [0.3, 0.4) is 0 Å². The summed E-state index contributed by atoms with van der Waals surface area (Å²) in [6.45, 7) is 6.88. The first-order valence-electron chi connectivity index (χ1n) is 9.07. The zero-order valence-corrected chi connectivity index (χ0v) is 15.9. The number of rotatable bonds is 8. The summed E-state index contributed by atoms with van der Waals surface area (Å²) in [4.78, 5) is 24.5. The molecule has 1 aromatic carbocycles. The number of methoxy groups -OCH3 is 1. The monoisotopic (exact) mass is 360 g/mol. The van der Waals surface area contributed by atoms with Gasteiger partial charge in [0, 0.05) is 5.70 Å². The van der Waals surface area contributed by atoms with Crippen LogP contribution in [0.5, 0.6) is 5.75 Å². The molecule has 1 aromatic rings. The quantitative estimate of drug-likeness (QED) is 0.693. The van der Waals surface area contributed by atoms with Crippen LogP contribution in [0.25, 0.3) is 0 Å². The molecule has 2 rings (SSSR count). The third-order valence-corrected chi connectivity index (χ3v) is 4.14. The van der Waals surface area contributed by atoms with Crippen LogP contribution in [0, 0.1) is 5.92 Å². The van der Waals surface area contributed by atoms with E-state index in [1.165, 1.54) is 7.11 Å². The van der Waals surface area contributed by atoms with Crippen molar-refractivity contribution in [2.24, 2.45) is 5.92 Å². The van der Waals surface area contributed by atoms with Gasteiger partial charge in [-0.1, -0.05) is 39.3 Å². The molecule has 0 radical (unpaired) electrons. The molecule has 0 aliphatic carbocycles. The summed E-state index contributed by atoms with van der Waals surface area (Å²) in [7, 11) is 1.35. The standard InChI is InChI=1S/C20H28N2O4/c1-5-6-7-16-17(19(23)25-4)18(22-20(24)21-16)14-8-10-15(11-9-14)26-12-13(2)3/h8-11,13,18H,5-7,12H2,1-4H3,(H2,21,22,24). The van der Waals surface area contributed by atoms with Gasteiger partial charge in [0.2, 0.25) is 0 Å². The van der Waals surface area contributed by atoms with Gasteiger partial charge in [0.15, 0.2) is 0 Å². The van der Waals surface area contributed by atoms with E-state index in [0.717, 1.165) is 24.2 Å². The summed E-state index contributed by atoms with van der Waals surface area (Å²) >= 11 is 0. The van der Waals surface area contributed by atoms with Crippen LogP contribution in [0.4, 0.5) is 4.79 Å². The topological polar surface area (TPSA) is 76.7 Å². The number of carbonyl (C=O) groups is 2. The molecule has 26 heavy (non-hydrogen) atoms. The average Bonchev–Trinajstić information content (AvgIpc) is 2.64. The Morgan fingerprint density at radius 2 is 1.92 bits per heavy atom. The Kier molecular flexibility index (Phi) is 7.06. The Labute approximate surface area is 154 Å². The number of allylic oxidation sites excluding steroid dienone is 1. The second-order valence-electron chi connectivity index (χ2n) is 6.79. The van der Waals surface area contributed by atoms with Crippen LogP contribution < -0.4 is 15.4 Å². The summed E-state index contributed by atoms with van der Waals surface area (Å²) in [5.74, 6) is 0.764. The van der Waals surface area contributed by atoms with Gasteiger partial charge in [-0.05, 0) is 36.5 Å². The number of benzene rings is 1. The number of nitrogens with one attached hydrogen (secondary N) is 2. The minimum absolute atomic E-state index is 0.311. The summed E-state index contributed by atoms with van der Waals surface area (Å²) in [6, 6.07) is 6.59. The van der Waals surface area contributed by atoms with Crippen LogP contribution in [0.1, 0.15) is 51.6 Å². The number of hydrogen-bond acceptors (Lipinski definition) is 4. The lowest BCUT2D eigenvalue weighted by molar-refractivity contribution is -0.136. The minimum Gasteiger partial charge on any atom is -0.493 e. The molecule has 1 heterocycles. The molecule has 0 aromatic heterocycles. The fourth-order valence-electron chi connectivity index (χ4n) is 2.79. The Morgan fingerprint density at radius 1 is 1.23 bits per heavy atom. The Bertz CT molecular complexity index is 665. The van der Waals surface area contributed by atoms with Gasteiger partial charge < -0.3 is 20.1 Å². The van der Waals surface area contributed by atoms with Crippen molar-refractivity contribution in [1.82, 2.24) is 10.6 Å². The van der Waals surface area contributed by atoms with E-state index in [1.807, 2.05) is 24.3 Å². The van der Waals surface area contributed by atoms with E-state index in [-0.39, 0.29) is 6.03 Å². The predicted octanol–water partition coefficient (Wildman–Crippen LogP) is 3.69. The van der Waals surface area contributed by atoms with Gasteiger partial charge in [0.25, 0.3) is 0 Å². The van der Waals surface area contributed by atoms with E-state index in [2.05, 4.69) is 31.4 Å². The van der Waals surface area contributed by atoms with E-state index in [1.54, 1.807) is 0 Å². The second-order valence-corrected chi connectivity index (χ2v) is 6.79. The normalized spacial score (nSPS) is 17.0. The van der Waals surface area contributed by atoms with E-state index < -0.39 is 12.0 Å². The molecule has 2 N–H and O–H groups in total. The van der Waals surface area contributed by atoms with Gasteiger partial charge in [-0.15, -0.1) is 0 Å². The maximum Gasteiger partial charge on any atom is 0.337 e. The molecule has 1 unspecified atom stereocenters. The lowest BCUT2D eigenvalue weighted by Crippen LogP contribution is -2.45. The second kappa shape index (κ2) is 9.27. The number of esters is 1. The molecule has 6 heteroatoms. The lowest BCUT2D eigenvalue weighted by Gasteiger charge is -2.29. The van der Waals surface area contributed by atoms with Crippen molar-refractivity contribution >= 4 is 12.0 Å². The van der Waals surface area contributed by atoms with Crippen LogP contribution in [-0.2, 0) is 9.53 Å². The molecule has 0 saturated carbocycles. The average molecular weight is 360 g/mol. The molecule has 1 aliphatic heterocycles. The number of carbonyl (C=O) groups excluding carboxylic acids is 2. The number of unbranched alkanes of at least 4 members (excludes halogenated alkanes) is 1. The Balaban J connectivity index is 2.31. The third-order valence-electron chi connectivity index (χ3n) is 4.14. The zero-order chi connectivity index (χ0) is 19.1. The van der Waals surface area contributed by atoms with E-state index in [0.29, 0.717) is 30.2 Å². The van der Waals surface area contributed by atoms with Crippen molar-refractivity contribution in [2.45, 2.75) is 46.1 Å². The molecule has 0 fully saturated rings. The van der Waals surface area contributed by atoms with Crippen LogP contribution in [0.15, 0.2) is 35.5 Å². The van der Waals surface area contributed by atoms with Gasteiger partial charge in [0.05, 0.1) is 25.3 Å². The number of ether oxygens (including phenoxy) is 2. The lowest BCUT2D eigenvalue weighted by atomic mass is 9.93. The first-order chi connectivity index (χ1) is 12.5. The van der Waals surface area contributed by atoms with Crippen LogP contribution in [0.2, 0.25) is 0 Å². The minimum atomic E-state index is -0.540. The molecule has 1 aliphatic rings. The maximum atomic E-state index is 12.4. The SMILES string of the molecule is CCCCC1=C(C(=O)OC)C(c2ccc(OCC(C)C)cc2)NC(=O)N1. The van der Waals surface area contributed by atoms with Crippen LogP contribution >= 0.6 is 0 Å². The van der Waals surface area contributed by atoms with Crippen molar-refractivity contribution in [3.05, 3.63) is 41.1 Å². The van der Waals surface area contributed by atoms with Crippen molar-refractivity contribution in [2.75, 3.05) is 13.7 Å². The smallest absolute Gasteiger partial charge is 0.337 e. The van der Waals surface area contributed by atoms with Crippen molar-refractivity contribution in [3.8, 4) is 5.75 Å². The van der Waals surface area contributed by atoms with Crippen molar-refractivity contribution in [1.29, 1.82) is 0 Å². The van der Waals surface area contributed by atoms with Gasteiger partial charge in [-0.3, -0.25) is 0 Å². The number of amides is 2. The van der Waals surface area contributed by atoms with Crippen molar-refractivity contribution < 1.29 is 19.1 Å². The first-order valence-corrected chi connectivity index (χ1v) is 9.07. The molecule has 6 nitrogen and oxygen atoms in total. The number of urea groups is 1. The third kappa shape index (κ3) is 5.00. The maximum absolute atomic E-state index is 12.4. The van der Waals surface area contributed by atoms with E-state index in [9.17, 15) is 9.59 Å². The summed E-state index contributed by atoms with van der Waals surface area (Å²) in [6.07, 6.45) is 2.47. The van der Waals surface area contributed by atoms with Crippen LogP contribution in [-0.4, -0.2) is 25.7 Å². The molecule has 0 saturated heterocycles. The highest BCUT2D eigenvalue weighted by Gasteiger charge is 2.33. The van der Waals surface area contributed by atoms with Gasteiger partial charge in [0.1, 0.15) is 5.75 Å². The molecule has 1 atom stereocenters. The van der Waals surface area contributed by atoms with Crippen molar-refractivity contribution in [3.63, 3.8) is 0 Å². The highest BCUT2D eigenvalue weighted by atomic mass is 16.5. The first kappa shape index (κ1) is 19.8. The van der Waals surface area contributed by atoms with E-state index >= 15 is 0 Å². The summed E-state index contributed by atoms with van der Waals surface area (Å²) < 4.78 is 10.7. The molecule has 142 valence electrons. The molecular formula is C20H28N2O4. The fourth-order valence-corrected chi connectivity index (χ4v) is 2.79. The summed E-state index contributed by atoms with van der Waals surface area (Å²) in [5, 5.41) is 5.59. The van der Waals surface area contributed by atoms with Gasteiger partial charge in [-0.25, -0.2) is 9.59 Å². The highest BCUT2D eigenvalue weighted by molar-refractivity contribution is 5.95. The van der Waals surface area contributed by atoms with Gasteiger partial charge >= 0.3 is 12.0 Å². The molecule has 0 bridgehead atoms. The molecule has 0 spiro atoms. The fraction of sp³-hybridized carbons (Fsp3) is 0.500. The Morgan fingerprint density at radius 3 is 2.50 bits per heavy atom. The molecular weight excluding hydrogens is 332 g/mol. The number of hydrogen-bond donors (Lipinski definition) is 2.